The van der Waals surface area contributed by atoms with Crippen LogP contribution in [-0.2, 0) is 0 Å². The van der Waals surface area contributed by atoms with Gasteiger partial charge < -0.3 is 9.63 Å². The Bertz CT molecular complexity index is 561. The largest absolute Gasteiger partial charge is 0.508 e. The van der Waals surface area contributed by atoms with E-state index in [2.05, 4.69) is 10.5 Å². The predicted molar refractivity (Wildman–Crippen MR) is 62.0 cm³/mol. The van der Waals surface area contributed by atoms with Crippen molar-refractivity contribution in [2.24, 2.45) is 0 Å². The van der Waals surface area contributed by atoms with Crippen molar-refractivity contribution in [3.8, 4) is 5.75 Å². The molecule has 5 heteroatoms. The van der Waals surface area contributed by atoms with Crippen molar-refractivity contribution in [2.45, 2.75) is 13.8 Å². The SMILES string of the molecule is Cc1cc(NC(=O)c2ccc(O)c(C)c2)on1. The summed E-state index contributed by atoms with van der Waals surface area (Å²) in [6.45, 7) is 3.49. The first-order valence-electron chi connectivity index (χ1n) is 5.10. The molecule has 0 saturated carbocycles. The van der Waals surface area contributed by atoms with Crippen molar-refractivity contribution in [1.29, 1.82) is 0 Å². The van der Waals surface area contributed by atoms with Crippen molar-refractivity contribution in [1.82, 2.24) is 5.16 Å². The first-order chi connectivity index (χ1) is 8.06. The highest BCUT2D eigenvalue weighted by molar-refractivity contribution is 6.03. The van der Waals surface area contributed by atoms with Gasteiger partial charge in [-0.05, 0) is 37.6 Å². The molecule has 5 nitrogen and oxygen atoms in total. The number of amides is 1. The average molecular weight is 232 g/mol. The van der Waals surface area contributed by atoms with E-state index in [0.717, 1.165) is 0 Å². The van der Waals surface area contributed by atoms with Crippen LogP contribution < -0.4 is 5.32 Å². The molecule has 0 atom stereocenters. The van der Waals surface area contributed by atoms with Gasteiger partial charge in [-0.3, -0.25) is 10.1 Å². The zero-order valence-corrected chi connectivity index (χ0v) is 9.52. The van der Waals surface area contributed by atoms with Crippen molar-refractivity contribution >= 4 is 11.8 Å². The van der Waals surface area contributed by atoms with E-state index in [0.29, 0.717) is 22.7 Å². The molecule has 0 spiro atoms. The number of aromatic hydroxyl groups is 1. The number of aromatic nitrogens is 1. The molecule has 88 valence electrons. The summed E-state index contributed by atoms with van der Waals surface area (Å²) < 4.78 is 4.88. The van der Waals surface area contributed by atoms with Crippen LogP contribution in [0.3, 0.4) is 0 Å². The second-order valence-corrected chi connectivity index (χ2v) is 3.79. The molecule has 0 unspecified atom stereocenters. The molecular weight excluding hydrogens is 220 g/mol. The Morgan fingerprint density at radius 2 is 2.12 bits per heavy atom. The summed E-state index contributed by atoms with van der Waals surface area (Å²) in [5.41, 5.74) is 1.79. The van der Waals surface area contributed by atoms with E-state index in [1.807, 2.05) is 0 Å². The van der Waals surface area contributed by atoms with Crippen LogP contribution in [0.15, 0.2) is 28.8 Å². The van der Waals surface area contributed by atoms with Crippen molar-refractivity contribution in [2.75, 3.05) is 5.32 Å². The molecule has 0 saturated heterocycles. The number of nitrogens with one attached hydrogen (secondary N) is 1. The summed E-state index contributed by atoms with van der Waals surface area (Å²) in [5, 5.41) is 15.6. The number of carbonyl (C=O) groups is 1. The fourth-order valence-corrected chi connectivity index (χ4v) is 1.40. The minimum Gasteiger partial charge on any atom is -0.508 e. The van der Waals surface area contributed by atoms with Gasteiger partial charge in [0.15, 0.2) is 0 Å². The quantitative estimate of drug-likeness (QED) is 0.832. The monoisotopic (exact) mass is 232 g/mol. The summed E-state index contributed by atoms with van der Waals surface area (Å²) >= 11 is 0. The molecule has 2 aromatic rings. The van der Waals surface area contributed by atoms with Gasteiger partial charge in [-0.2, -0.15) is 0 Å². The topological polar surface area (TPSA) is 75.4 Å². The van der Waals surface area contributed by atoms with Crippen LogP contribution in [0.1, 0.15) is 21.6 Å². The molecular formula is C12H12N2O3. The summed E-state index contributed by atoms with van der Waals surface area (Å²) in [4.78, 5) is 11.8. The van der Waals surface area contributed by atoms with Crippen molar-refractivity contribution in [3.63, 3.8) is 0 Å². The smallest absolute Gasteiger partial charge is 0.258 e. The first kappa shape index (κ1) is 11.2. The van der Waals surface area contributed by atoms with E-state index in [1.165, 1.54) is 6.07 Å². The van der Waals surface area contributed by atoms with Gasteiger partial charge in [-0.15, -0.1) is 0 Å². The lowest BCUT2D eigenvalue weighted by molar-refractivity contribution is 0.102. The standard InChI is InChI=1S/C12H12N2O3/c1-7-5-9(3-4-10(7)15)12(16)13-11-6-8(2)14-17-11/h3-6,15H,1-2H3,(H,13,16). The van der Waals surface area contributed by atoms with Crippen LogP contribution in [0.4, 0.5) is 5.88 Å². The zero-order valence-electron chi connectivity index (χ0n) is 9.52. The van der Waals surface area contributed by atoms with Gasteiger partial charge in [0.25, 0.3) is 5.91 Å². The van der Waals surface area contributed by atoms with E-state index in [9.17, 15) is 9.90 Å². The van der Waals surface area contributed by atoms with Crippen LogP contribution in [0.5, 0.6) is 5.75 Å². The Morgan fingerprint density at radius 3 is 2.71 bits per heavy atom. The summed E-state index contributed by atoms with van der Waals surface area (Å²) in [6.07, 6.45) is 0. The summed E-state index contributed by atoms with van der Waals surface area (Å²) in [6, 6.07) is 6.26. The number of benzene rings is 1. The van der Waals surface area contributed by atoms with Crippen LogP contribution in [0, 0.1) is 13.8 Å². The maximum Gasteiger partial charge on any atom is 0.258 e. The fraction of sp³-hybridized carbons (Fsp3) is 0.167. The molecule has 1 heterocycles. The molecule has 0 radical (unpaired) electrons. The van der Waals surface area contributed by atoms with Gasteiger partial charge in [0, 0.05) is 11.6 Å². The molecule has 17 heavy (non-hydrogen) atoms. The third kappa shape index (κ3) is 2.44. The highest BCUT2D eigenvalue weighted by atomic mass is 16.5. The molecule has 0 aliphatic carbocycles. The Morgan fingerprint density at radius 1 is 1.35 bits per heavy atom. The van der Waals surface area contributed by atoms with Crippen LogP contribution in [-0.4, -0.2) is 16.2 Å². The lowest BCUT2D eigenvalue weighted by Crippen LogP contribution is -2.11. The Labute approximate surface area is 98.1 Å². The van der Waals surface area contributed by atoms with Crippen LogP contribution >= 0.6 is 0 Å². The summed E-state index contributed by atoms with van der Waals surface area (Å²) in [5.74, 6) is 0.166. The average Bonchev–Trinajstić information content (AvgIpc) is 2.68. The Kier molecular flexibility index (Phi) is 2.82. The second kappa shape index (κ2) is 4.29. The number of hydrogen-bond acceptors (Lipinski definition) is 4. The molecule has 2 N–H and O–H groups in total. The first-order valence-corrected chi connectivity index (χ1v) is 5.10. The van der Waals surface area contributed by atoms with Gasteiger partial charge in [0.05, 0.1) is 5.69 Å². The maximum absolute atomic E-state index is 11.8. The van der Waals surface area contributed by atoms with Crippen molar-refractivity contribution < 1.29 is 14.4 Å². The minimum absolute atomic E-state index is 0.164. The second-order valence-electron chi connectivity index (χ2n) is 3.79. The normalized spacial score (nSPS) is 10.2. The number of aryl methyl sites for hydroxylation is 2. The number of rotatable bonds is 2. The van der Waals surface area contributed by atoms with Gasteiger partial charge in [0.1, 0.15) is 5.75 Å². The highest BCUT2D eigenvalue weighted by Gasteiger charge is 2.10. The molecule has 1 aromatic carbocycles. The van der Waals surface area contributed by atoms with E-state index in [4.69, 9.17) is 4.52 Å². The molecule has 1 amide bonds. The molecule has 0 aliphatic rings. The van der Waals surface area contributed by atoms with Gasteiger partial charge in [-0.25, -0.2) is 0 Å². The fourth-order valence-electron chi connectivity index (χ4n) is 1.40. The number of phenolic OH excluding ortho intramolecular Hbond substituents is 1. The predicted octanol–water partition coefficient (Wildman–Crippen LogP) is 2.25. The molecule has 2 rings (SSSR count). The molecule has 0 bridgehead atoms. The number of nitrogens with zero attached hydrogens (tertiary/aromatic N) is 1. The number of phenols is 1. The van der Waals surface area contributed by atoms with Gasteiger partial charge in [-0.1, -0.05) is 5.16 Å². The van der Waals surface area contributed by atoms with E-state index in [-0.39, 0.29) is 11.7 Å². The Balaban J connectivity index is 2.17. The minimum atomic E-state index is -0.302. The lowest BCUT2D eigenvalue weighted by Gasteiger charge is -2.03. The number of hydrogen-bond donors (Lipinski definition) is 2. The third-order valence-corrected chi connectivity index (χ3v) is 2.32. The Hall–Kier alpha value is -2.30. The van der Waals surface area contributed by atoms with Crippen LogP contribution in [0.2, 0.25) is 0 Å². The number of anilines is 1. The van der Waals surface area contributed by atoms with E-state index < -0.39 is 0 Å². The van der Waals surface area contributed by atoms with Crippen LogP contribution in [0.25, 0.3) is 0 Å². The van der Waals surface area contributed by atoms with E-state index in [1.54, 1.807) is 32.0 Å². The van der Waals surface area contributed by atoms with Gasteiger partial charge >= 0.3 is 0 Å². The zero-order chi connectivity index (χ0) is 12.4. The molecule has 1 aromatic heterocycles. The number of carbonyl (C=O) groups excluding carboxylic acids is 1. The molecule has 0 aliphatic heterocycles. The molecule has 0 fully saturated rings. The summed E-state index contributed by atoms with van der Waals surface area (Å²) in [7, 11) is 0. The third-order valence-electron chi connectivity index (χ3n) is 2.32. The van der Waals surface area contributed by atoms with Gasteiger partial charge in [0.2, 0.25) is 5.88 Å². The lowest BCUT2D eigenvalue weighted by atomic mass is 10.1. The van der Waals surface area contributed by atoms with Crippen molar-refractivity contribution in [3.05, 3.63) is 41.1 Å². The van der Waals surface area contributed by atoms with E-state index >= 15 is 0 Å². The highest BCUT2D eigenvalue weighted by Crippen LogP contribution is 2.18. The maximum atomic E-state index is 11.8.